The zero-order valence-corrected chi connectivity index (χ0v) is 15.1. The molecule has 0 saturated carbocycles. The Hall–Kier alpha value is -2.89. The van der Waals surface area contributed by atoms with Gasteiger partial charge < -0.3 is 15.4 Å². The number of rotatable bonds is 7. The summed E-state index contributed by atoms with van der Waals surface area (Å²) in [4.78, 5) is 15.9. The van der Waals surface area contributed by atoms with Crippen LogP contribution in [0.5, 0.6) is 0 Å². The van der Waals surface area contributed by atoms with Crippen molar-refractivity contribution >= 4 is 11.9 Å². The van der Waals surface area contributed by atoms with Crippen LogP contribution in [0.3, 0.4) is 0 Å². The lowest BCUT2D eigenvalue weighted by Gasteiger charge is -2.11. The largest absolute Gasteiger partial charge is 0.465 e. The number of halogens is 1. The van der Waals surface area contributed by atoms with Crippen LogP contribution < -0.4 is 10.6 Å². The smallest absolute Gasteiger partial charge is 0.337 e. The fraction of sp³-hybridized carbons (Fsp3) is 0.300. The van der Waals surface area contributed by atoms with E-state index in [1.807, 2.05) is 25.1 Å². The van der Waals surface area contributed by atoms with Gasteiger partial charge in [0.25, 0.3) is 0 Å². The summed E-state index contributed by atoms with van der Waals surface area (Å²) in [5, 5.41) is 6.43. The molecule has 0 unspecified atom stereocenters. The number of hydrogen-bond acceptors (Lipinski definition) is 3. The van der Waals surface area contributed by atoms with Crippen LogP contribution in [0.2, 0.25) is 0 Å². The fourth-order valence-corrected chi connectivity index (χ4v) is 2.40. The number of nitrogens with zero attached hydrogens (tertiary/aromatic N) is 1. The van der Waals surface area contributed by atoms with Crippen LogP contribution in [-0.2, 0) is 17.7 Å². The lowest BCUT2D eigenvalue weighted by Crippen LogP contribution is -2.38. The number of ether oxygens (including phenoxy) is 1. The molecule has 2 aromatic carbocycles. The minimum Gasteiger partial charge on any atom is -0.465 e. The van der Waals surface area contributed by atoms with Gasteiger partial charge in [0.1, 0.15) is 5.82 Å². The third-order valence-corrected chi connectivity index (χ3v) is 3.73. The highest BCUT2D eigenvalue weighted by atomic mass is 19.1. The summed E-state index contributed by atoms with van der Waals surface area (Å²) in [5.41, 5.74) is 2.46. The number of aliphatic imine (C=N–C) groups is 1. The van der Waals surface area contributed by atoms with Gasteiger partial charge in [0, 0.05) is 13.1 Å². The average Bonchev–Trinajstić information content (AvgIpc) is 2.66. The Bertz CT molecular complexity index is 745. The summed E-state index contributed by atoms with van der Waals surface area (Å²) in [6.45, 7) is 3.82. The number of hydrogen-bond donors (Lipinski definition) is 2. The van der Waals surface area contributed by atoms with E-state index in [0.29, 0.717) is 24.6 Å². The van der Waals surface area contributed by atoms with Crippen molar-refractivity contribution < 1.29 is 13.9 Å². The molecule has 5 nitrogen and oxygen atoms in total. The second-order valence-corrected chi connectivity index (χ2v) is 5.69. The molecular weight excluding hydrogens is 333 g/mol. The molecule has 2 rings (SSSR count). The van der Waals surface area contributed by atoms with Crippen LogP contribution in [0.4, 0.5) is 4.39 Å². The molecule has 0 amide bonds. The second kappa shape index (κ2) is 10.2. The van der Waals surface area contributed by atoms with Crippen LogP contribution >= 0.6 is 0 Å². The van der Waals surface area contributed by atoms with E-state index in [0.717, 1.165) is 24.1 Å². The molecule has 0 saturated heterocycles. The molecule has 0 radical (unpaired) electrons. The van der Waals surface area contributed by atoms with E-state index in [2.05, 4.69) is 20.4 Å². The van der Waals surface area contributed by atoms with E-state index in [4.69, 9.17) is 0 Å². The van der Waals surface area contributed by atoms with Gasteiger partial charge >= 0.3 is 5.97 Å². The Kier molecular flexibility index (Phi) is 7.61. The van der Waals surface area contributed by atoms with Crippen LogP contribution in [0, 0.1) is 5.82 Å². The molecule has 0 aromatic heterocycles. The van der Waals surface area contributed by atoms with Gasteiger partial charge in [-0.2, -0.15) is 0 Å². The Balaban J connectivity index is 1.87. The third kappa shape index (κ3) is 6.20. The lowest BCUT2D eigenvalue weighted by atomic mass is 10.1. The number of nitrogens with one attached hydrogen (secondary N) is 2. The maximum atomic E-state index is 13.2. The predicted molar refractivity (Wildman–Crippen MR) is 101 cm³/mol. The van der Waals surface area contributed by atoms with Gasteiger partial charge in [0.15, 0.2) is 5.96 Å². The molecule has 0 aliphatic carbocycles. The van der Waals surface area contributed by atoms with Crippen LogP contribution in [0.1, 0.15) is 28.4 Å². The van der Waals surface area contributed by atoms with Crippen LogP contribution in [0.15, 0.2) is 53.5 Å². The second-order valence-electron chi connectivity index (χ2n) is 5.69. The van der Waals surface area contributed by atoms with Crippen LogP contribution in [-0.4, -0.2) is 32.1 Å². The summed E-state index contributed by atoms with van der Waals surface area (Å²) in [5.74, 6) is 0.0857. The number of carbonyl (C=O) groups is 1. The highest BCUT2D eigenvalue weighted by Crippen LogP contribution is 2.06. The summed E-state index contributed by atoms with van der Waals surface area (Å²) < 4.78 is 17.9. The summed E-state index contributed by atoms with van der Waals surface area (Å²) in [6.07, 6.45) is 0.784. The van der Waals surface area contributed by atoms with E-state index in [1.54, 1.807) is 18.2 Å². The van der Waals surface area contributed by atoms with E-state index < -0.39 is 0 Å². The zero-order valence-electron chi connectivity index (χ0n) is 15.1. The molecule has 0 atom stereocenters. The van der Waals surface area contributed by atoms with Crippen molar-refractivity contribution in [1.82, 2.24) is 10.6 Å². The van der Waals surface area contributed by atoms with E-state index in [1.165, 1.54) is 19.2 Å². The first-order valence-corrected chi connectivity index (χ1v) is 8.56. The number of methoxy groups -OCH3 is 1. The van der Waals surface area contributed by atoms with Crippen molar-refractivity contribution in [2.75, 3.05) is 20.2 Å². The number of carbonyl (C=O) groups excluding carboxylic acids is 1. The van der Waals surface area contributed by atoms with Crippen LogP contribution in [0.25, 0.3) is 0 Å². The molecule has 0 spiro atoms. The molecule has 0 bridgehead atoms. The van der Waals surface area contributed by atoms with Gasteiger partial charge in [-0.05, 0) is 48.7 Å². The van der Waals surface area contributed by atoms with Gasteiger partial charge in [0.05, 0.1) is 19.2 Å². The SMILES string of the molecule is CCNC(=NCc1cccc(F)c1)NCCc1ccc(C(=O)OC)cc1. The number of guanidine groups is 1. The van der Waals surface area contributed by atoms with Crippen molar-refractivity contribution in [2.45, 2.75) is 19.9 Å². The minimum absolute atomic E-state index is 0.258. The van der Waals surface area contributed by atoms with Crippen molar-refractivity contribution in [1.29, 1.82) is 0 Å². The molecule has 0 heterocycles. The first kappa shape index (κ1) is 19.4. The summed E-state index contributed by atoms with van der Waals surface area (Å²) in [6, 6.07) is 13.7. The summed E-state index contributed by atoms with van der Waals surface area (Å²) >= 11 is 0. The van der Waals surface area contributed by atoms with Gasteiger partial charge in [-0.1, -0.05) is 24.3 Å². The van der Waals surface area contributed by atoms with Gasteiger partial charge in [-0.15, -0.1) is 0 Å². The minimum atomic E-state index is -0.339. The Labute approximate surface area is 153 Å². The number of esters is 1. The summed E-state index contributed by atoms with van der Waals surface area (Å²) in [7, 11) is 1.37. The van der Waals surface area contributed by atoms with Gasteiger partial charge in [-0.3, -0.25) is 0 Å². The Morgan fingerprint density at radius 1 is 1.12 bits per heavy atom. The quantitative estimate of drug-likeness (QED) is 0.454. The molecule has 138 valence electrons. The standard InChI is InChI=1S/C20H24FN3O2/c1-3-22-20(24-14-16-5-4-6-18(21)13-16)23-12-11-15-7-9-17(10-8-15)19(25)26-2/h4-10,13H,3,11-12,14H2,1-2H3,(H2,22,23,24). The van der Waals surface area contributed by atoms with Crippen molar-refractivity contribution in [3.05, 3.63) is 71.0 Å². The van der Waals surface area contributed by atoms with E-state index in [9.17, 15) is 9.18 Å². The van der Waals surface area contributed by atoms with Gasteiger partial charge in [0.2, 0.25) is 0 Å². The van der Waals surface area contributed by atoms with E-state index >= 15 is 0 Å². The molecule has 2 N–H and O–H groups in total. The maximum absolute atomic E-state index is 13.2. The zero-order chi connectivity index (χ0) is 18.8. The fourth-order valence-electron chi connectivity index (χ4n) is 2.40. The molecule has 0 aliphatic heterocycles. The Morgan fingerprint density at radius 2 is 1.88 bits per heavy atom. The van der Waals surface area contributed by atoms with Gasteiger partial charge in [-0.25, -0.2) is 14.2 Å². The third-order valence-electron chi connectivity index (χ3n) is 3.73. The Morgan fingerprint density at radius 3 is 2.54 bits per heavy atom. The first-order chi connectivity index (χ1) is 12.6. The monoisotopic (exact) mass is 357 g/mol. The van der Waals surface area contributed by atoms with Crippen molar-refractivity contribution in [2.24, 2.45) is 4.99 Å². The topological polar surface area (TPSA) is 62.7 Å². The molecule has 26 heavy (non-hydrogen) atoms. The van der Waals surface area contributed by atoms with Crippen molar-refractivity contribution in [3.63, 3.8) is 0 Å². The lowest BCUT2D eigenvalue weighted by molar-refractivity contribution is 0.0600. The number of benzene rings is 2. The molecule has 2 aromatic rings. The highest BCUT2D eigenvalue weighted by molar-refractivity contribution is 5.89. The molecule has 0 fully saturated rings. The molecule has 6 heteroatoms. The van der Waals surface area contributed by atoms with Crippen molar-refractivity contribution in [3.8, 4) is 0 Å². The normalized spacial score (nSPS) is 11.1. The first-order valence-electron chi connectivity index (χ1n) is 8.56. The highest BCUT2D eigenvalue weighted by Gasteiger charge is 2.04. The molecule has 0 aliphatic rings. The molecular formula is C20H24FN3O2. The average molecular weight is 357 g/mol. The van der Waals surface area contributed by atoms with E-state index in [-0.39, 0.29) is 11.8 Å². The predicted octanol–water partition coefficient (Wildman–Crippen LogP) is 2.91. The maximum Gasteiger partial charge on any atom is 0.337 e.